The van der Waals surface area contributed by atoms with E-state index in [4.69, 9.17) is 14.2 Å². The number of hydrogen-bond donors (Lipinski definition) is 3. The van der Waals surface area contributed by atoms with Gasteiger partial charge in [0.1, 0.15) is 25.1 Å². The van der Waals surface area contributed by atoms with Gasteiger partial charge in [-0.05, 0) is 97.4 Å². The molecule has 0 radical (unpaired) electrons. The molecule has 2 aliphatic carbocycles. The molecule has 64 heavy (non-hydrogen) atoms. The van der Waals surface area contributed by atoms with E-state index < -0.39 is 63.7 Å². The number of anilines is 1. The largest absolute Gasteiger partial charge is 0.508 e. The van der Waals surface area contributed by atoms with Crippen molar-refractivity contribution >= 4 is 39.6 Å². The molecule has 1 heterocycles. The molecule has 0 spiro atoms. The van der Waals surface area contributed by atoms with Crippen LogP contribution in [-0.4, -0.2) is 72.7 Å². The standard InChI is InChI=1S/C49H56FN3O10S/c1-5-32-27-33(6-2)41(28-32)48(57)61-25-26-62-49(58)63-39(30-42(55)52-64(59,60)40-21-22-40)29-38(54)23-24-53-45(31(3)4)44(47(56)51-37-15-11-8-12-16-37)43(34-13-9-7-10-14-34)46(53)35-17-19-36(50)20-18-35/h5-20,31-33,38-41,54H,1-2,21-30H2,3-4H3,(H,51,56)(H,52,55)/t32?,33?,38-,39-,41?/m1/s1. The van der Waals surface area contributed by atoms with Gasteiger partial charge in [0.25, 0.3) is 5.91 Å². The Bertz CT molecular complexity index is 2400. The minimum atomic E-state index is -3.93. The smallest absolute Gasteiger partial charge is 0.462 e. The zero-order valence-electron chi connectivity index (χ0n) is 36.1. The summed E-state index contributed by atoms with van der Waals surface area (Å²) in [7, 11) is -3.93. The average Bonchev–Trinajstić information content (AvgIpc) is 3.97. The fourth-order valence-corrected chi connectivity index (χ4v) is 9.65. The molecule has 2 fully saturated rings. The molecule has 340 valence electrons. The van der Waals surface area contributed by atoms with Gasteiger partial charge in [-0.2, -0.15) is 0 Å². The van der Waals surface area contributed by atoms with Crippen molar-refractivity contribution in [3.8, 4) is 22.4 Å². The van der Waals surface area contributed by atoms with Crippen LogP contribution >= 0.6 is 0 Å². The molecular weight excluding hydrogens is 842 g/mol. The van der Waals surface area contributed by atoms with Crippen molar-refractivity contribution in [1.82, 2.24) is 9.29 Å². The predicted octanol–water partition coefficient (Wildman–Crippen LogP) is 8.56. The normalized spacial score (nSPS) is 18.1. The predicted molar refractivity (Wildman–Crippen MR) is 241 cm³/mol. The summed E-state index contributed by atoms with van der Waals surface area (Å²) >= 11 is 0. The molecule has 3 aromatic carbocycles. The molecule has 15 heteroatoms. The van der Waals surface area contributed by atoms with E-state index in [1.54, 1.807) is 36.4 Å². The lowest BCUT2D eigenvalue weighted by Gasteiger charge is -2.22. The van der Waals surface area contributed by atoms with Crippen molar-refractivity contribution in [2.24, 2.45) is 17.8 Å². The van der Waals surface area contributed by atoms with Gasteiger partial charge in [0, 0.05) is 29.9 Å². The van der Waals surface area contributed by atoms with Crippen molar-refractivity contribution in [2.75, 3.05) is 18.5 Å². The van der Waals surface area contributed by atoms with Crippen LogP contribution in [-0.2, 0) is 40.4 Å². The number of hydrogen-bond acceptors (Lipinski definition) is 10. The number of benzene rings is 3. The number of aromatic nitrogens is 1. The first-order valence-electron chi connectivity index (χ1n) is 21.6. The lowest BCUT2D eigenvalue weighted by Crippen LogP contribution is -2.37. The van der Waals surface area contributed by atoms with E-state index in [1.165, 1.54) is 12.1 Å². The molecule has 2 amide bonds. The molecule has 5 atom stereocenters. The van der Waals surface area contributed by atoms with E-state index in [9.17, 15) is 37.1 Å². The molecule has 0 bridgehead atoms. The number of nitrogens with zero attached hydrogens (tertiary/aromatic N) is 1. The molecule has 2 saturated carbocycles. The van der Waals surface area contributed by atoms with Crippen LogP contribution in [0.2, 0.25) is 0 Å². The summed E-state index contributed by atoms with van der Waals surface area (Å²) in [5.41, 5.74) is 4.18. The van der Waals surface area contributed by atoms with Gasteiger partial charge in [0.15, 0.2) is 0 Å². The lowest BCUT2D eigenvalue weighted by atomic mass is 9.94. The summed E-state index contributed by atoms with van der Waals surface area (Å²) in [6, 6.07) is 24.3. The molecule has 0 aliphatic heterocycles. The highest BCUT2D eigenvalue weighted by Crippen LogP contribution is 2.43. The number of aliphatic hydroxyl groups is 1. The Morgan fingerprint density at radius 2 is 1.55 bits per heavy atom. The monoisotopic (exact) mass is 897 g/mol. The van der Waals surface area contributed by atoms with E-state index in [2.05, 4.69) is 18.5 Å². The Morgan fingerprint density at radius 1 is 0.891 bits per heavy atom. The Labute approximate surface area is 373 Å². The Balaban J connectivity index is 1.23. The first kappa shape index (κ1) is 47.4. The maximum atomic E-state index is 14.4. The molecule has 3 unspecified atom stereocenters. The van der Waals surface area contributed by atoms with Crippen molar-refractivity contribution < 1.29 is 51.3 Å². The minimum absolute atomic E-state index is 0.0169. The van der Waals surface area contributed by atoms with Gasteiger partial charge in [-0.15, -0.1) is 13.2 Å². The quantitative estimate of drug-likeness (QED) is 0.0417. The number of halogens is 1. The zero-order valence-corrected chi connectivity index (χ0v) is 36.9. The van der Waals surface area contributed by atoms with E-state index in [1.807, 2.05) is 71.7 Å². The van der Waals surface area contributed by atoms with Crippen LogP contribution in [0.1, 0.15) is 80.8 Å². The van der Waals surface area contributed by atoms with Gasteiger partial charge in [-0.3, -0.25) is 19.1 Å². The highest BCUT2D eigenvalue weighted by atomic mass is 32.2. The molecule has 6 rings (SSSR count). The number of ether oxygens (including phenoxy) is 3. The van der Waals surface area contributed by atoms with E-state index in [0.29, 0.717) is 53.0 Å². The summed E-state index contributed by atoms with van der Waals surface area (Å²) in [6.07, 6.45) is 0.999. The zero-order chi connectivity index (χ0) is 46.0. The number of aliphatic hydroxyl groups excluding tert-OH is 1. The second-order valence-electron chi connectivity index (χ2n) is 16.6. The van der Waals surface area contributed by atoms with Crippen LogP contribution < -0.4 is 10.0 Å². The fourth-order valence-electron chi connectivity index (χ4n) is 8.33. The van der Waals surface area contributed by atoms with Crippen LogP contribution in [0.4, 0.5) is 14.9 Å². The maximum absolute atomic E-state index is 14.4. The van der Waals surface area contributed by atoms with Gasteiger partial charge in [-0.1, -0.05) is 74.5 Å². The van der Waals surface area contributed by atoms with Gasteiger partial charge in [0.05, 0.1) is 35.0 Å². The van der Waals surface area contributed by atoms with E-state index in [-0.39, 0.29) is 56.3 Å². The second kappa shape index (κ2) is 21.5. The van der Waals surface area contributed by atoms with Crippen LogP contribution in [0, 0.1) is 23.6 Å². The first-order chi connectivity index (χ1) is 30.7. The molecule has 3 N–H and O–H groups in total. The minimum Gasteiger partial charge on any atom is -0.462 e. The van der Waals surface area contributed by atoms with Gasteiger partial charge < -0.3 is 29.2 Å². The van der Waals surface area contributed by atoms with Crippen molar-refractivity contribution in [3.63, 3.8) is 0 Å². The third-order valence-corrected chi connectivity index (χ3v) is 13.4. The van der Waals surface area contributed by atoms with Crippen LogP contribution in [0.3, 0.4) is 0 Å². The van der Waals surface area contributed by atoms with Crippen molar-refractivity contribution in [2.45, 2.75) is 88.7 Å². The molecule has 2 aliphatic rings. The highest BCUT2D eigenvalue weighted by Gasteiger charge is 2.39. The first-order valence-corrected chi connectivity index (χ1v) is 23.1. The SMILES string of the molecule is C=CC1CC(C=C)C(C(=O)OCCOC(=O)O[C@@H](CC(=O)NS(=O)(=O)C2CC2)C[C@H](O)CCn2c(-c3ccc(F)cc3)c(-c3ccccc3)c(C(=O)Nc3ccccc3)c2C(C)C)C1. The molecular formula is C49H56FN3O10S. The Hall–Kier alpha value is -6.06. The number of esters is 1. The van der Waals surface area contributed by atoms with Gasteiger partial charge in [0.2, 0.25) is 15.9 Å². The average molecular weight is 898 g/mol. The van der Waals surface area contributed by atoms with E-state index in [0.717, 1.165) is 12.0 Å². The summed E-state index contributed by atoms with van der Waals surface area (Å²) < 4.78 is 59.6. The Morgan fingerprint density at radius 3 is 2.17 bits per heavy atom. The number of carbonyl (C=O) groups is 4. The number of para-hydroxylation sites is 1. The van der Waals surface area contributed by atoms with Crippen molar-refractivity contribution in [1.29, 1.82) is 0 Å². The number of rotatable bonds is 21. The van der Waals surface area contributed by atoms with Gasteiger partial charge in [-0.25, -0.2) is 17.6 Å². The van der Waals surface area contributed by atoms with Gasteiger partial charge >= 0.3 is 12.1 Å². The summed E-state index contributed by atoms with van der Waals surface area (Å²) in [6.45, 7) is 11.0. The second-order valence-corrected chi connectivity index (χ2v) is 18.6. The van der Waals surface area contributed by atoms with E-state index >= 15 is 0 Å². The summed E-state index contributed by atoms with van der Waals surface area (Å²) in [5, 5.41) is 14.0. The molecule has 4 aromatic rings. The molecule has 0 saturated heterocycles. The van der Waals surface area contributed by atoms with Crippen LogP contribution in [0.25, 0.3) is 22.4 Å². The number of nitrogens with one attached hydrogen (secondary N) is 2. The number of sulfonamides is 1. The number of carbonyl (C=O) groups excluding carboxylic acids is 4. The fraction of sp³-hybridized carbons (Fsp3) is 0.388. The molecule has 1 aromatic heterocycles. The number of amides is 2. The van der Waals surface area contributed by atoms with Crippen LogP contribution in [0.5, 0.6) is 0 Å². The number of allylic oxidation sites excluding steroid dienone is 2. The third-order valence-electron chi connectivity index (χ3n) is 11.5. The Kier molecular flexibility index (Phi) is 16.0. The summed E-state index contributed by atoms with van der Waals surface area (Å²) in [5.74, 6) is -2.75. The summed E-state index contributed by atoms with van der Waals surface area (Å²) in [4.78, 5) is 53.3. The third kappa shape index (κ3) is 12.1. The lowest BCUT2D eigenvalue weighted by molar-refractivity contribution is -0.150. The molecule has 13 nitrogen and oxygen atoms in total. The van der Waals surface area contributed by atoms with Crippen molar-refractivity contribution in [3.05, 3.63) is 127 Å². The maximum Gasteiger partial charge on any atom is 0.508 e. The van der Waals surface area contributed by atoms with Crippen LogP contribution in [0.15, 0.2) is 110 Å². The highest BCUT2D eigenvalue weighted by molar-refractivity contribution is 7.90. The topological polar surface area (TPSA) is 179 Å².